The molecule has 0 bridgehead atoms. The van der Waals surface area contributed by atoms with Crippen LogP contribution in [0.3, 0.4) is 0 Å². The number of halogens is 1. The fraction of sp³-hybridized carbons (Fsp3) is 0.286. The summed E-state index contributed by atoms with van der Waals surface area (Å²) in [7, 11) is 3.74. The maximum Gasteiger partial charge on any atom is 0.251 e. The van der Waals surface area contributed by atoms with Crippen molar-refractivity contribution in [1.29, 1.82) is 0 Å². The number of hydrogen-bond acceptors (Lipinski definition) is 2. The highest BCUT2D eigenvalue weighted by molar-refractivity contribution is 5.94. The minimum atomic E-state index is -0.287. The molecule has 0 fully saturated rings. The number of aromatic amines is 1. The van der Waals surface area contributed by atoms with Gasteiger partial charge in [-0.15, -0.1) is 0 Å². The molecule has 4 nitrogen and oxygen atoms in total. The van der Waals surface area contributed by atoms with E-state index in [4.69, 9.17) is 0 Å². The molecule has 2 aromatic carbocycles. The molecule has 1 aromatic heterocycles. The molecule has 1 heterocycles. The van der Waals surface area contributed by atoms with Crippen LogP contribution in [-0.4, -0.2) is 36.4 Å². The number of nitrogens with one attached hydrogen (secondary N) is 2. The van der Waals surface area contributed by atoms with Gasteiger partial charge in [-0.05, 0) is 62.8 Å². The summed E-state index contributed by atoms with van der Waals surface area (Å²) in [6, 6.07) is 10.7. The molecule has 26 heavy (non-hydrogen) atoms. The summed E-state index contributed by atoms with van der Waals surface area (Å²) in [4.78, 5) is 17.5. The molecule has 0 radical (unpaired) electrons. The fourth-order valence-electron chi connectivity index (χ4n) is 3.24. The van der Waals surface area contributed by atoms with E-state index in [9.17, 15) is 9.18 Å². The SMILES string of the molecule is Cc1cccc2[nH]cc(CCNC(=O)c3ccc(F)c(CN(C)C)c3)c12. The number of rotatable bonds is 6. The quantitative estimate of drug-likeness (QED) is 0.711. The van der Waals surface area contributed by atoms with Crippen LogP contribution in [0.4, 0.5) is 4.39 Å². The van der Waals surface area contributed by atoms with E-state index in [1.54, 1.807) is 6.07 Å². The summed E-state index contributed by atoms with van der Waals surface area (Å²) >= 11 is 0. The standard InChI is InChI=1S/C21H24FN3O/c1-14-5-4-6-19-20(14)16(12-24-19)9-10-23-21(26)15-7-8-18(22)17(11-15)13-25(2)3/h4-8,11-12,24H,9-10,13H2,1-3H3,(H,23,26). The monoisotopic (exact) mass is 353 g/mol. The summed E-state index contributed by atoms with van der Waals surface area (Å²) in [5, 5.41) is 4.15. The van der Waals surface area contributed by atoms with Crippen LogP contribution >= 0.6 is 0 Å². The number of aryl methyl sites for hydroxylation is 1. The molecule has 0 atom stereocenters. The first-order valence-corrected chi connectivity index (χ1v) is 8.72. The number of carbonyl (C=O) groups is 1. The molecule has 0 aliphatic heterocycles. The molecule has 0 aliphatic rings. The zero-order valence-corrected chi connectivity index (χ0v) is 15.4. The average molecular weight is 353 g/mol. The van der Waals surface area contributed by atoms with Gasteiger partial charge in [0.1, 0.15) is 5.82 Å². The molecule has 0 saturated heterocycles. The third-order valence-electron chi connectivity index (χ3n) is 4.47. The lowest BCUT2D eigenvalue weighted by Crippen LogP contribution is -2.26. The van der Waals surface area contributed by atoms with Crippen molar-refractivity contribution in [1.82, 2.24) is 15.2 Å². The van der Waals surface area contributed by atoms with Gasteiger partial charge in [-0.1, -0.05) is 12.1 Å². The third kappa shape index (κ3) is 3.94. The Hall–Kier alpha value is -2.66. The van der Waals surface area contributed by atoms with Crippen LogP contribution in [0.1, 0.15) is 27.0 Å². The van der Waals surface area contributed by atoms with E-state index >= 15 is 0 Å². The first-order valence-electron chi connectivity index (χ1n) is 8.72. The second kappa shape index (κ2) is 7.70. The average Bonchev–Trinajstić information content (AvgIpc) is 3.01. The molecule has 3 rings (SSSR count). The van der Waals surface area contributed by atoms with Crippen molar-refractivity contribution in [3.05, 3.63) is 70.7 Å². The van der Waals surface area contributed by atoms with Crippen molar-refractivity contribution in [3.8, 4) is 0 Å². The Labute approximate surface area is 153 Å². The largest absolute Gasteiger partial charge is 0.361 e. The second-order valence-corrected chi connectivity index (χ2v) is 6.86. The molecule has 0 spiro atoms. The van der Waals surface area contributed by atoms with Crippen LogP contribution in [0, 0.1) is 12.7 Å². The van der Waals surface area contributed by atoms with Crippen molar-refractivity contribution in [2.45, 2.75) is 19.9 Å². The van der Waals surface area contributed by atoms with E-state index in [-0.39, 0.29) is 11.7 Å². The van der Waals surface area contributed by atoms with E-state index in [1.807, 2.05) is 31.3 Å². The number of carbonyl (C=O) groups excluding carboxylic acids is 1. The lowest BCUT2D eigenvalue weighted by Gasteiger charge is -2.12. The zero-order valence-electron chi connectivity index (χ0n) is 15.4. The number of aromatic nitrogens is 1. The van der Waals surface area contributed by atoms with Gasteiger partial charge in [0.2, 0.25) is 0 Å². The summed E-state index contributed by atoms with van der Waals surface area (Å²) in [6.45, 7) is 3.07. The lowest BCUT2D eigenvalue weighted by molar-refractivity contribution is 0.0954. The highest BCUT2D eigenvalue weighted by Gasteiger charge is 2.11. The molecule has 3 aromatic rings. The van der Waals surface area contributed by atoms with E-state index in [1.165, 1.54) is 28.6 Å². The van der Waals surface area contributed by atoms with Crippen LogP contribution in [0.25, 0.3) is 10.9 Å². The Balaban J connectivity index is 1.65. The van der Waals surface area contributed by atoms with Crippen LogP contribution in [0.2, 0.25) is 0 Å². The number of fused-ring (bicyclic) bond motifs is 1. The minimum absolute atomic E-state index is 0.179. The highest BCUT2D eigenvalue weighted by Crippen LogP contribution is 2.22. The van der Waals surface area contributed by atoms with Crippen molar-refractivity contribution in [3.63, 3.8) is 0 Å². The summed E-state index contributed by atoms with van der Waals surface area (Å²) < 4.78 is 13.9. The van der Waals surface area contributed by atoms with Gasteiger partial charge in [0.15, 0.2) is 0 Å². The minimum Gasteiger partial charge on any atom is -0.361 e. The summed E-state index contributed by atoms with van der Waals surface area (Å²) in [5.41, 5.74) is 4.52. The number of amides is 1. The van der Waals surface area contributed by atoms with Crippen LogP contribution in [-0.2, 0) is 13.0 Å². The Morgan fingerprint density at radius 3 is 2.77 bits per heavy atom. The third-order valence-corrected chi connectivity index (χ3v) is 4.47. The summed E-state index contributed by atoms with van der Waals surface area (Å²) in [6.07, 6.45) is 2.74. The molecule has 5 heteroatoms. The van der Waals surface area contributed by atoms with Crippen LogP contribution in [0.15, 0.2) is 42.6 Å². The van der Waals surface area contributed by atoms with Gasteiger partial charge in [-0.25, -0.2) is 4.39 Å². The van der Waals surface area contributed by atoms with Gasteiger partial charge in [0.25, 0.3) is 5.91 Å². The molecule has 0 aliphatic carbocycles. The van der Waals surface area contributed by atoms with Crippen molar-refractivity contribution in [2.75, 3.05) is 20.6 Å². The van der Waals surface area contributed by atoms with Crippen LogP contribution in [0.5, 0.6) is 0 Å². The van der Waals surface area contributed by atoms with E-state index in [0.717, 1.165) is 11.9 Å². The van der Waals surface area contributed by atoms with Gasteiger partial charge in [-0.3, -0.25) is 4.79 Å². The Morgan fingerprint density at radius 2 is 2.00 bits per heavy atom. The number of H-pyrrole nitrogens is 1. The van der Waals surface area contributed by atoms with Gasteiger partial charge in [0.05, 0.1) is 0 Å². The predicted octanol–water partition coefficient (Wildman–Crippen LogP) is 3.65. The highest BCUT2D eigenvalue weighted by atomic mass is 19.1. The molecular weight excluding hydrogens is 329 g/mol. The van der Waals surface area contributed by atoms with E-state index in [2.05, 4.69) is 29.4 Å². The van der Waals surface area contributed by atoms with Gasteiger partial charge in [-0.2, -0.15) is 0 Å². The Bertz CT molecular complexity index is 930. The number of nitrogens with zero attached hydrogens (tertiary/aromatic N) is 1. The lowest BCUT2D eigenvalue weighted by atomic mass is 10.1. The molecule has 0 saturated carbocycles. The van der Waals surface area contributed by atoms with Crippen molar-refractivity contribution in [2.24, 2.45) is 0 Å². The fourth-order valence-corrected chi connectivity index (χ4v) is 3.24. The van der Waals surface area contributed by atoms with E-state index < -0.39 is 0 Å². The first-order chi connectivity index (χ1) is 12.5. The number of hydrogen-bond donors (Lipinski definition) is 2. The zero-order chi connectivity index (χ0) is 18.7. The number of benzene rings is 2. The normalized spacial score (nSPS) is 11.3. The molecular formula is C21H24FN3O. The molecule has 2 N–H and O–H groups in total. The van der Waals surface area contributed by atoms with Gasteiger partial charge >= 0.3 is 0 Å². The Morgan fingerprint density at radius 1 is 1.19 bits per heavy atom. The van der Waals surface area contributed by atoms with E-state index in [0.29, 0.717) is 24.2 Å². The van der Waals surface area contributed by atoms with Crippen LogP contribution < -0.4 is 5.32 Å². The van der Waals surface area contributed by atoms with Crippen molar-refractivity contribution < 1.29 is 9.18 Å². The maximum absolute atomic E-state index is 13.9. The van der Waals surface area contributed by atoms with Gasteiger partial charge < -0.3 is 15.2 Å². The molecule has 136 valence electrons. The predicted molar refractivity (Wildman–Crippen MR) is 103 cm³/mol. The smallest absolute Gasteiger partial charge is 0.251 e. The van der Waals surface area contributed by atoms with Crippen molar-refractivity contribution >= 4 is 16.8 Å². The molecule has 0 unspecified atom stereocenters. The first kappa shape index (κ1) is 18.1. The second-order valence-electron chi connectivity index (χ2n) is 6.86. The maximum atomic E-state index is 13.9. The topological polar surface area (TPSA) is 48.1 Å². The van der Waals surface area contributed by atoms with Gasteiger partial charge in [0, 0.05) is 41.3 Å². The molecule has 1 amide bonds. The Kier molecular flexibility index (Phi) is 5.38. The summed E-state index contributed by atoms with van der Waals surface area (Å²) in [5.74, 6) is -0.467.